The number of aromatic amines is 2. The van der Waals surface area contributed by atoms with Gasteiger partial charge in [-0.25, -0.2) is 14.4 Å². The summed E-state index contributed by atoms with van der Waals surface area (Å²) in [5, 5.41) is 0. The summed E-state index contributed by atoms with van der Waals surface area (Å²) in [6, 6.07) is 35.0. The number of aromatic nitrogens is 4. The molecule has 0 spiro atoms. The summed E-state index contributed by atoms with van der Waals surface area (Å²) < 4.78 is 59.4. The highest BCUT2D eigenvalue weighted by atomic mass is 31.1. The number of hydrogen-bond acceptors (Lipinski definition) is 13. The van der Waals surface area contributed by atoms with E-state index in [-0.39, 0.29) is 36.1 Å². The average molecular weight is 907 g/mol. The van der Waals surface area contributed by atoms with E-state index >= 15 is 0 Å². The van der Waals surface area contributed by atoms with Crippen molar-refractivity contribution in [3.8, 4) is 5.75 Å². The van der Waals surface area contributed by atoms with Crippen molar-refractivity contribution in [2.45, 2.75) is 69.2 Å². The highest BCUT2D eigenvalue weighted by molar-refractivity contribution is 7.33. The molecule has 0 radical (unpaired) electrons. The largest absolute Gasteiger partial charge is 0.497 e. The van der Waals surface area contributed by atoms with Gasteiger partial charge >= 0.3 is 25.6 Å². The van der Waals surface area contributed by atoms with E-state index in [1.54, 1.807) is 44.4 Å². The molecule has 2 fully saturated rings. The molecule has 0 aliphatic carbocycles. The van der Waals surface area contributed by atoms with Crippen molar-refractivity contribution in [1.82, 2.24) is 19.1 Å². The number of nitrogens with one attached hydrogen (secondary N) is 2. The summed E-state index contributed by atoms with van der Waals surface area (Å²) in [6.45, 7) is 2.55. The van der Waals surface area contributed by atoms with E-state index in [0.717, 1.165) is 16.7 Å². The van der Waals surface area contributed by atoms with Gasteiger partial charge in [-0.3, -0.25) is 33.3 Å². The number of rotatable bonds is 16. The van der Waals surface area contributed by atoms with Crippen molar-refractivity contribution >= 4 is 14.2 Å². The number of carbonyl (C=O) groups is 1. The van der Waals surface area contributed by atoms with E-state index in [0.29, 0.717) is 5.75 Å². The zero-order valence-electron chi connectivity index (χ0n) is 35.6. The molecular formula is C47H47N4O13P. The summed E-state index contributed by atoms with van der Waals surface area (Å²) in [5.74, 6) is -0.00854. The van der Waals surface area contributed by atoms with Gasteiger partial charge in [-0.15, -0.1) is 0 Å². The van der Waals surface area contributed by atoms with E-state index in [2.05, 4.69) is 9.97 Å². The summed E-state index contributed by atoms with van der Waals surface area (Å²) in [5.41, 5.74) is -0.596. The van der Waals surface area contributed by atoms with Crippen LogP contribution in [0, 0.1) is 13.8 Å². The van der Waals surface area contributed by atoms with Crippen molar-refractivity contribution in [2.75, 3.05) is 20.3 Å². The third-order valence-electron chi connectivity index (χ3n) is 11.5. The van der Waals surface area contributed by atoms with Gasteiger partial charge in [0.15, 0.2) is 0 Å². The van der Waals surface area contributed by atoms with Gasteiger partial charge in [0.05, 0.1) is 32.0 Å². The Hall–Kier alpha value is -6.46. The predicted molar refractivity (Wildman–Crippen MR) is 236 cm³/mol. The van der Waals surface area contributed by atoms with E-state index in [9.17, 15) is 28.5 Å². The van der Waals surface area contributed by atoms with Gasteiger partial charge < -0.3 is 32.7 Å². The van der Waals surface area contributed by atoms with Crippen LogP contribution in [0.2, 0.25) is 0 Å². The smallest absolute Gasteiger partial charge is 0.338 e. The summed E-state index contributed by atoms with van der Waals surface area (Å²) in [7, 11) is -1.84. The van der Waals surface area contributed by atoms with Gasteiger partial charge in [0.1, 0.15) is 42.1 Å². The standard InChI is InChI=1S/C47H47N4O13P/c1-29-25-50(45(55)48-42(29)52)40-23-36(63-44(54)31-13-7-4-8-14-31)39(62-40)28-60-65(57)64-37-24-41(51-26-30(2)43(53)49-46(51)56)61-38(37)27-59-47(32-15-9-5-10-16-32,33-17-11-6-12-18-33)34-19-21-35(58-3)22-20-34/h4-22,25-26,36-41,65H,23-24,27-28H2,1-3H3,(H,48,52,55)(H,49,53,56)/t36-,37-,38+,39+,40+,41+/m0/s1. The molecule has 1 unspecified atom stereocenters. The molecule has 2 aromatic heterocycles. The van der Waals surface area contributed by atoms with Gasteiger partial charge in [-0.05, 0) is 54.8 Å². The van der Waals surface area contributed by atoms with Crippen LogP contribution in [-0.4, -0.2) is 69.8 Å². The number of benzene rings is 4. The molecule has 0 saturated carbocycles. The van der Waals surface area contributed by atoms with Gasteiger partial charge in [-0.1, -0.05) is 91.0 Å². The Kier molecular flexibility index (Phi) is 13.7. The van der Waals surface area contributed by atoms with Crippen LogP contribution in [0.4, 0.5) is 0 Å². The molecule has 338 valence electrons. The normalized spacial score (nSPS) is 21.2. The Morgan fingerprint density at radius 2 is 1.15 bits per heavy atom. The van der Waals surface area contributed by atoms with Crippen LogP contribution in [0.15, 0.2) is 147 Å². The Morgan fingerprint density at radius 1 is 0.677 bits per heavy atom. The Balaban J connectivity index is 1.07. The lowest BCUT2D eigenvalue weighted by atomic mass is 9.80. The molecule has 4 aromatic carbocycles. The Labute approximate surface area is 372 Å². The number of esters is 1. The third-order valence-corrected chi connectivity index (χ3v) is 12.4. The molecule has 2 saturated heterocycles. The van der Waals surface area contributed by atoms with Crippen molar-refractivity contribution in [3.63, 3.8) is 0 Å². The second-order valence-corrected chi connectivity index (χ2v) is 16.7. The molecule has 4 heterocycles. The summed E-state index contributed by atoms with van der Waals surface area (Å²) in [6.07, 6.45) is -3.15. The van der Waals surface area contributed by atoms with E-state index in [1.165, 1.54) is 28.5 Å². The van der Waals surface area contributed by atoms with Crippen LogP contribution >= 0.6 is 8.25 Å². The molecule has 2 aliphatic rings. The van der Waals surface area contributed by atoms with Crippen molar-refractivity contribution in [3.05, 3.63) is 203 Å². The second-order valence-electron chi connectivity index (χ2n) is 15.7. The quantitative estimate of drug-likeness (QED) is 0.0718. The van der Waals surface area contributed by atoms with Crippen molar-refractivity contribution in [1.29, 1.82) is 0 Å². The molecular weight excluding hydrogens is 860 g/mol. The lowest BCUT2D eigenvalue weighted by Gasteiger charge is -2.37. The highest BCUT2D eigenvalue weighted by Crippen LogP contribution is 2.44. The second kappa shape index (κ2) is 19.7. The minimum Gasteiger partial charge on any atom is -0.497 e. The minimum absolute atomic E-state index is 0.000806. The zero-order valence-corrected chi connectivity index (χ0v) is 36.6. The summed E-state index contributed by atoms with van der Waals surface area (Å²) >= 11 is 0. The zero-order chi connectivity index (χ0) is 45.7. The Bertz CT molecular complexity index is 2830. The Morgan fingerprint density at radius 3 is 1.68 bits per heavy atom. The first-order valence-corrected chi connectivity index (χ1v) is 22.1. The van der Waals surface area contributed by atoms with Crippen LogP contribution in [-0.2, 0) is 38.2 Å². The van der Waals surface area contributed by atoms with Crippen LogP contribution < -0.4 is 27.2 Å². The van der Waals surface area contributed by atoms with E-state index in [4.69, 9.17) is 32.7 Å². The average Bonchev–Trinajstić information content (AvgIpc) is 3.92. The molecule has 6 aromatic rings. The predicted octanol–water partition coefficient (Wildman–Crippen LogP) is 5.31. The molecule has 65 heavy (non-hydrogen) atoms. The van der Waals surface area contributed by atoms with Gasteiger partial charge in [-0.2, -0.15) is 0 Å². The van der Waals surface area contributed by atoms with Gasteiger partial charge in [0.2, 0.25) is 0 Å². The first-order chi connectivity index (χ1) is 31.4. The number of methoxy groups -OCH3 is 1. The van der Waals surface area contributed by atoms with Crippen molar-refractivity contribution < 1.29 is 42.1 Å². The van der Waals surface area contributed by atoms with Crippen LogP contribution in [0.1, 0.15) is 63.5 Å². The molecule has 2 N–H and O–H groups in total. The van der Waals surface area contributed by atoms with Gasteiger partial charge in [0, 0.05) is 36.4 Å². The molecule has 8 rings (SSSR count). The fraction of sp³-hybridized carbons (Fsp3) is 0.298. The highest BCUT2D eigenvalue weighted by Gasteiger charge is 2.45. The maximum atomic E-state index is 13.9. The number of nitrogens with zero attached hydrogens (tertiary/aromatic N) is 2. The molecule has 7 atom stereocenters. The minimum atomic E-state index is -3.42. The topological polar surface area (TPSA) is 208 Å². The first-order valence-electron chi connectivity index (χ1n) is 20.9. The number of H-pyrrole nitrogens is 2. The lowest BCUT2D eigenvalue weighted by Crippen LogP contribution is -2.38. The molecule has 0 amide bonds. The SMILES string of the molecule is COc1ccc(C(OC[C@H]2O[C@@H](n3cc(C)c(=O)[nH]c3=O)C[C@@H]2O[PH](=O)OC[C@H]2O[C@@H](n3cc(C)c(=O)[nH]c3=O)C[C@@H]2OC(=O)c2ccccc2)(c2ccccc2)c2ccccc2)cc1. The lowest BCUT2D eigenvalue weighted by molar-refractivity contribution is -0.0927. The monoisotopic (exact) mass is 906 g/mol. The van der Waals surface area contributed by atoms with Crippen LogP contribution in [0.5, 0.6) is 5.75 Å². The molecule has 2 aliphatic heterocycles. The first kappa shape index (κ1) is 45.1. The number of aryl methyl sites for hydroxylation is 2. The molecule has 0 bridgehead atoms. The number of carbonyl (C=O) groups excluding carboxylic acids is 1. The third kappa shape index (κ3) is 9.81. The van der Waals surface area contributed by atoms with E-state index < -0.39 is 85.8 Å². The number of ether oxygens (including phenoxy) is 5. The van der Waals surface area contributed by atoms with Crippen molar-refractivity contribution in [2.24, 2.45) is 0 Å². The summed E-state index contributed by atoms with van der Waals surface area (Å²) in [4.78, 5) is 68.2. The van der Waals surface area contributed by atoms with Crippen LogP contribution in [0.25, 0.3) is 0 Å². The van der Waals surface area contributed by atoms with Gasteiger partial charge in [0.25, 0.3) is 11.1 Å². The maximum absolute atomic E-state index is 13.9. The fourth-order valence-corrected chi connectivity index (χ4v) is 8.97. The molecule has 17 nitrogen and oxygen atoms in total. The number of hydrogen-bond donors (Lipinski definition) is 2. The molecule has 18 heteroatoms. The van der Waals surface area contributed by atoms with Crippen LogP contribution in [0.3, 0.4) is 0 Å². The maximum Gasteiger partial charge on any atom is 0.338 e. The van der Waals surface area contributed by atoms with E-state index in [1.807, 2.05) is 84.9 Å². The fourth-order valence-electron chi connectivity index (χ4n) is 8.11.